The molecule has 110 valence electrons. The predicted molar refractivity (Wildman–Crippen MR) is 81.5 cm³/mol. The average molecular weight is 278 g/mol. The van der Waals surface area contributed by atoms with Gasteiger partial charge in [0, 0.05) is 20.2 Å². The summed E-state index contributed by atoms with van der Waals surface area (Å²) in [4.78, 5) is 6.50. The first-order valence-electron chi connectivity index (χ1n) is 6.79. The summed E-state index contributed by atoms with van der Waals surface area (Å²) < 4.78 is 10.3. The van der Waals surface area contributed by atoms with Crippen LogP contribution >= 0.6 is 0 Å². The number of nitrogens with two attached hydrogens (primary N) is 1. The number of ether oxygens (including phenoxy) is 2. The molecule has 1 aliphatic heterocycles. The van der Waals surface area contributed by atoms with E-state index < -0.39 is 0 Å². The van der Waals surface area contributed by atoms with Crippen LogP contribution in [0.4, 0.5) is 11.4 Å². The van der Waals surface area contributed by atoms with Gasteiger partial charge in [0.15, 0.2) is 5.96 Å². The third-order valence-corrected chi connectivity index (χ3v) is 3.10. The Bertz CT molecular complexity index is 445. The van der Waals surface area contributed by atoms with Gasteiger partial charge in [-0.25, -0.2) is 0 Å². The molecule has 3 N–H and O–H groups in total. The maximum absolute atomic E-state index is 5.89. The standard InChI is InChI=1S/C14H22N4O2/c1-19-9-6-16-14(15)17-12-4-2-3-5-13(12)18-7-10-20-11-8-18/h2-5H,6-11H2,1H3,(H3,15,16,17). The summed E-state index contributed by atoms with van der Waals surface area (Å²) in [7, 11) is 1.65. The highest BCUT2D eigenvalue weighted by Crippen LogP contribution is 2.25. The predicted octanol–water partition coefficient (Wildman–Crippen LogP) is 0.896. The van der Waals surface area contributed by atoms with Gasteiger partial charge in [0.2, 0.25) is 0 Å². The number of morpholine rings is 1. The van der Waals surface area contributed by atoms with Crippen LogP contribution in [0.2, 0.25) is 0 Å². The van der Waals surface area contributed by atoms with E-state index in [1.54, 1.807) is 7.11 Å². The molecule has 0 amide bonds. The SMILES string of the molecule is COCCN=C(N)Nc1ccccc1N1CCOCC1. The van der Waals surface area contributed by atoms with Crippen LogP contribution in [-0.4, -0.2) is 52.5 Å². The molecule has 1 heterocycles. The number of rotatable bonds is 5. The van der Waals surface area contributed by atoms with Crippen molar-refractivity contribution in [2.24, 2.45) is 10.7 Å². The first-order chi connectivity index (χ1) is 9.81. The molecule has 0 radical (unpaired) electrons. The van der Waals surface area contributed by atoms with E-state index in [-0.39, 0.29) is 0 Å². The van der Waals surface area contributed by atoms with Gasteiger partial charge in [-0.1, -0.05) is 12.1 Å². The number of hydrogen-bond donors (Lipinski definition) is 2. The molecule has 1 saturated heterocycles. The van der Waals surface area contributed by atoms with Gasteiger partial charge in [-0.2, -0.15) is 0 Å². The number of aliphatic imine (C=N–C) groups is 1. The van der Waals surface area contributed by atoms with Crippen molar-refractivity contribution in [3.05, 3.63) is 24.3 Å². The summed E-state index contributed by atoms with van der Waals surface area (Å²) in [6.07, 6.45) is 0. The van der Waals surface area contributed by atoms with Gasteiger partial charge >= 0.3 is 0 Å². The minimum Gasteiger partial charge on any atom is -0.383 e. The van der Waals surface area contributed by atoms with Crippen molar-refractivity contribution >= 4 is 17.3 Å². The Labute approximate surface area is 119 Å². The Balaban J connectivity index is 2.05. The van der Waals surface area contributed by atoms with Gasteiger partial charge < -0.3 is 25.4 Å². The van der Waals surface area contributed by atoms with Gasteiger partial charge in [0.05, 0.1) is 37.7 Å². The second-order valence-corrected chi connectivity index (χ2v) is 4.50. The first kappa shape index (κ1) is 14.6. The number of para-hydroxylation sites is 2. The molecule has 20 heavy (non-hydrogen) atoms. The van der Waals surface area contributed by atoms with Gasteiger partial charge in [-0.05, 0) is 12.1 Å². The largest absolute Gasteiger partial charge is 0.383 e. The van der Waals surface area contributed by atoms with Crippen molar-refractivity contribution in [1.29, 1.82) is 0 Å². The molecular weight excluding hydrogens is 256 g/mol. The fourth-order valence-corrected chi connectivity index (χ4v) is 2.09. The number of anilines is 2. The zero-order valence-electron chi connectivity index (χ0n) is 11.8. The van der Waals surface area contributed by atoms with Crippen LogP contribution < -0.4 is 16.0 Å². The van der Waals surface area contributed by atoms with Crippen molar-refractivity contribution < 1.29 is 9.47 Å². The molecule has 6 heteroatoms. The van der Waals surface area contributed by atoms with Crippen molar-refractivity contribution in [1.82, 2.24) is 0 Å². The van der Waals surface area contributed by atoms with E-state index in [0.29, 0.717) is 19.1 Å². The van der Waals surface area contributed by atoms with E-state index in [2.05, 4.69) is 21.3 Å². The molecule has 1 aromatic carbocycles. The zero-order chi connectivity index (χ0) is 14.2. The quantitative estimate of drug-likeness (QED) is 0.475. The normalized spacial score (nSPS) is 16.2. The lowest BCUT2D eigenvalue weighted by Crippen LogP contribution is -2.37. The summed E-state index contributed by atoms with van der Waals surface area (Å²) in [5.41, 5.74) is 7.98. The molecule has 0 bridgehead atoms. The lowest BCUT2D eigenvalue weighted by atomic mass is 10.2. The van der Waals surface area contributed by atoms with Gasteiger partial charge in [0.25, 0.3) is 0 Å². The highest BCUT2D eigenvalue weighted by Gasteiger charge is 2.14. The lowest BCUT2D eigenvalue weighted by molar-refractivity contribution is 0.123. The third kappa shape index (κ3) is 4.11. The number of benzene rings is 1. The summed E-state index contributed by atoms with van der Waals surface area (Å²) in [6.45, 7) is 4.40. The number of hydrogen-bond acceptors (Lipinski definition) is 4. The molecular formula is C14H22N4O2. The van der Waals surface area contributed by atoms with Gasteiger partial charge in [0.1, 0.15) is 0 Å². The van der Waals surface area contributed by atoms with E-state index in [9.17, 15) is 0 Å². The van der Waals surface area contributed by atoms with E-state index >= 15 is 0 Å². The van der Waals surface area contributed by atoms with Crippen molar-refractivity contribution in [2.45, 2.75) is 0 Å². The van der Waals surface area contributed by atoms with E-state index in [0.717, 1.165) is 37.7 Å². The Kier molecular flexibility index (Phi) is 5.64. The molecule has 0 aliphatic carbocycles. The summed E-state index contributed by atoms with van der Waals surface area (Å²) in [6, 6.07) is 8.09. The molecule has 1 aromatic rings. The molecule has 0 aromatic heterocycles. The topological polar surface area (TPSA) is 72.1 Å². The van der Waals surface area contributed by atoms with Crippen LogP contribution in [0.15, 0.2) is 29.3 Å². The van der Waals surface area contributed by atoms with Gasteiger partial charge in [-0.15, -0.1) is 0 Å². The van der Waals surface area contributed by atoms with Crippen molar-refractivity contribution in [2.75, 3.05) is 56.8 Å². The lowest BCUT2D eigenvalue weighted by Gasteiger charge is -2.30. The van der Waals surface area contributed by atoms with Crippen LogP contribution in [0.5, 0.6) is 0 Å². The van der Waals surface area contributed by atoms with Gasteiger partial charge in [-0.3, -0.25) is 4.99 Å². The summed E-state index contributed by atoms with van der Waals surface area (Å²) in [5, 5.41) is 3.16. The molecule has 0 saturated carbocycles. The van der Waals surface area contributed by atoms with Crippen molar-refractivity contribution in [3.63, 3.8) is 0 Å². The molecule has 6 nitrogen and oxygen atoms in total. The average Bonchev–Trinajstić information content (AvgIpc) is 2.49. The molecule has 1 aliphatic rings. The van der Waals surface area contributed by atoms with E-state index in [1.165, 1.54) is 0 Å². The molecule has 0 atom stereocenters. The smallest absolute Gasteiger partial charge is 0.193 e. The molecule has 0 spiro atoms. The Hall–Kier alpha value is -1.79. The second kappa shape index (κ2) is 7.72. The second-order valence-electron chi connectivity index (χ2n) is 4.50. The van der Waals surface area contributed by atoms with Crippen LogP contribution in [0.25, 0.3) is 0 Å². The summed E-state index contributed by atoms with van der Waals surface area (Å²) >= 11 is 0. The molecule has 0 unspecified atom stereocenters. The van der Waals surface area contributed by atoms with E-state index in [1.807, 2.05) is 18.2 Å². The maximum atomic E-state index is 5.89. The number of methoxy groups -OCH3 is 1. The minimum atomic E-state index is 0.405. The van der Waals surface area contributed by atoms with Crippen LogP contribution in [-0.2, 0) is 9.47 Å². The fourth-order valence-electron chi connectivity index (χ4n) is 2.09. The Morgan fingerprint density at radius 2 is 2.15 bits per heavy atom. The van der Waals surface area contributed by atoms with Crippen molar-refractivity contribution in [3.8, 4) is 0 Å². The number of nitrogens with zero attached hydrogens (tertiary/aromatic N) is 2. The first-order valence-corrected chi connectivity index (χ1v) is 6.79. The minimum absolute atomic E-state index is 0.405. The Morgan fingerprint density at radius 3 is 2.90 bits per heavy atom. The highest BCUT2D eigenvalue weighted by atomic mass is 16.5. The Morgan fingerprint density at radius 1 is 1.40 bits per heavy atom. The third-order valence-electron chi connectivity index (χ3n) is 3.10. The number of nitrogens with one attached hydrogen (secondary N) is 1. The fraction of sp³-hybridized carbons (Fsp3) is 0.500. The maximum Gasteiger partial charge on any atom is 0.193 e. The zero-order valence-corrected chi connectivity index (χ0v) is 11.8. The molecule has 2 rings (SSSR count). The van der Waals surface area contributed by atoms with Crippen LogP contribution in [0, 0.1) is 0 Å². The monoisotopic (exact) mass is 278 g/mol. The van der Waals surface area contributed by atoms with E-state index in [4.69, 9.17) is 15.2 Å². The highest BCUT2D eigenvalue weighted by molar-refractivity contribution is 5.95. The molecule has 1 fully saturated rings. The van der Waals surface area contributed by atoms with Crippen LogP contribution in [0.3, 0.4) is 0 Å². The summed E-state index contributed by atoms with van der Waals surface area (Å²) in [5.74, 6) is 0.405. The van der Waals surface area contributed by atoms with Crippen LogP contribution in [0.1, 0.15) is 0 Å². The number of guanidine groups is 1.